The maximum absolute atomic E-state index is 9.78. The molecule has 0 saturated carbocycles. The Kier molecular flexibility index (Phi) is 8.49. The Bertz CT molecular complexity index is 98.7. The molecule has 0 radical (unpaired) electrons. The zero-order valence-electron chi connectivity index (χ0n) is 5.03. The summed E-state index contributed by atoms with van der Waals surface area (Å²) < 4.78 is 0. The fourth-order valence-electron chi connectivity index (χ4n) is 0.362. The summed E-state index contributed by atoms with van der Waals surface area (Å²) >= 11 is 0. The standard InChI is InChI=1S/C4H4N2O.2Zn/c7-3-4-5-1-2-6-4;;/h1-4H;;/q-2;;. The fraction of sp³-hybridized carbons (Fsp3) is 0.250. The average molecular weight is 227 g/mol. The Hall–Kier alpha value is 0.257. The van der Waals surface area contributed by atoms with Gasteiger partial charge in [-0.25, -0.2) is 12.4 Å². The van der Waals surface area contributed by atoms with E-state index in [1.807, 2.05) is 0 Å². The number of nitrogens with zero attached hydrogens (tertiary/aromatic N) is 2. The van der Waals surface area contributed by atoms with Gasteiger partial charge in [-0.2, -0.15) is 0 Å². The van der Waals surface area contributed by atoms with Gasteiger partial charge in [-0.3, -0.25) is 0 Å². The maximum Gasteiger partial charge on any atom is 0.0875 e. The minimum Gasteiger partial charge on any atom is -0.699 e. The molecule has 0 aromatic rings. The molecule has 1 aliphatic rings. The molecule has 9 heavy (non-hydrogen) atoms. The van der Waals surface area contributed by atoms with Crippen LogP contribution < -0.4 is 0 Å². The first-order valence-corrected chi connectivity index (χ1v) is 1.94. The van der Waals surface area contributed by atoms with E-state index in [2.05, 4.69) is 10.6 Å². The van der Waals surface area contributed by atoms with Crippen molar-refractivity contribution in [2.75, 3.05) is 0 Å². The summed E-state index contributed by atoms with van der Waals surface area (Å²) in [7, 11) is 0. The molecule has 42 valence electrons. The first kappa shape index (κ1) is 12.0. The molecular weight excluding hydrogens is 223 g/mol. The van der Waals surface area contributed by atoms with E-state index in [0.717, 1.165) is 0 Å². The molecule has 0 aromatic heterocycles. The van der Waals surface area contributed by atoms with E-state index in [0.29, 0.717) is 6.29 Å². The summed E-state index contributed by atoms with van der Waals surface area (Å²) in [6.45, 7) is 0. The van der Waals surface area contributed by atoms with Gasteiger partial charge in [-0.05, 0) is 0 Å². The molecule has 3 nitrogen and oxygen atoms in total. The molecule has 0 atom stereocenters. The minimum atomic E-state index is -0.444. The summed E-state index contributed by atoms with van der Waals surface area (Å²) in [5.41, 5.74) is 0. The van der Waals surface area contributed by atoms with Crippen molar-refractivity contribution >= 4 is 6.29 Å². The number of hydrogen-bond acceptors (Lipinski definition) is 1. The van der Waals surface area contributed by atoms with Gasteiger partial charge in [0.1, 0.15) is 0 Å². The van der Waals surface area contributed by atoms with Gasteiger partial charge in [0.05, 0.1) is 6.29 Å². The molecule has 5 heteroatoms. The van der Waals surface area contributed by atoms with Crippen molar-refractivity contribution in [3.8, 4) is 0 Å². The molecule has 0 unspecified atom stereocenters. The first-order chi connectivity index (χ1) is 3.43. The van der Waals surface area contributed by atoms with Gasteiger partial charge in [-0.1, -0.05) is 0 Å². The van der Waals surface area contributed by atoms with Crippen molar-refractivity contribution < 1.29 is 43.8 Å². The van der Waals surface area contributed by atoms with Crippen LogP contribution >= 0.6 is 0 Å². The van der Waals surface area contributed by atoms with Crippen LogP contribution in [0, 0.1) is 0 Å². The van der Waals surface area contributed by atoms with Crippen LogP contribution in [0.15, 0.2) is 12.4 Å². The van der Waals surface area contributed by atoms with Gasteiger partial charge in [0.25, 0.3) is 0 Å². The van der Waals surface area contributed by atoms with Gasteiger partial charge in [0.15, 0.2) is 0 Å². The van der Waals surface area contributed by atoms with Crippen molar-refractivity contribution in [3.63, 3.8) is 0 Å². The van der Waals surface area contributed by atoms with Crippen LogP contribution in [0.25, 0.3) is 10.6 Å². The molecule has 1 aliphatic heterocycles. The Balaban J connectivity index is 0. The number of aldehydes is 1. The summed E-state index contributed by atoms with van der Waals surface area (Å²) in [6, 6.07) is 0. The third-order valence-electron chi connectivity index (χ3n) is 0.666. The number of hydrogen-bond donors (Lipinski definition) is 0. The summed E-state index contributed by atoms with van der Waals surface area (Å²) in [5, 5.41) is 7.28. The van der Waals surface area contributed by atoms with E-state index in [-0.39, 0.29) is 39.0 Å². The quantitative estimate of drug-likeness (QED) is 0.481. The number of rotatable bonds is 1. The normalized spacial score (nSPS) is 14.2. The summed E-state index contributed by atoms with van der Waals surface area (Å²) in [6.07, 6.45) is 3.28. The van der Waals surface area contributed by atoms with Crippen molar-refractivity contribution in [2.24, 2.45) is 0 Å². The summed E-state index contributed by atoms with van der Waals surface area (Å²) in [4.78, 5) is 9.78. The maximum atomic E-state index is 9.78. The minimum absolute atomic E-state index is 0. The van der Waals surface area contributed by atoms with Crippen LogP contribution in [0.5, 0.6) is 0 Å². The average Bonchev–Trinajstić information content (AvgIpc) is 2.14. The molecular formula is C4H4N2OZn2-2. The Labute approximate surface area is 79.2 Å². The Morgan fingerprint density at radius 2 is 1.67 bits per heavy atom. The fourth-order valence-corrected chi connectivity index (χ4v) is 0.362. The van der Waals surface area contributed by atoms with Gasteiger partial charge in [0.2, 0.25) is 0 Å². The van der Waals surface area contributed by atoms with Crippen molar-refractivity contribution in [1.82, 2.24) is 0 Å². The van der Waals surface area contributed by atoms with Gasteiger partial charge < -0.3 is 15.4 Å². The van der Waals surface area contributed by atoms with Gasteiger partial charge in [-0.15, -0.1) is 6.17 Å². The third-order valence-corrected chi connectivity index (χ3v) is 0.666. The van der Waals surface area contributed by atoms with E-state index < -0.39 is 6.17 Å². The smallest absolute Gasteiger partial charge is 0.0875 e. The Morgan fingerprint density at radius 3 is 1.89 bits per heavy atom. The number of carbonyl (C=O) groups excluding carboxylic acids is 1. The molecule has 0 aliphatic carbocycles. The second-order valence-corrected chi connectivity index (χ2v) is 1.15. The van der Waals surface area contributed by atoms with Crippen LogP contribution in [-0.2, 0) is 43.8 Å². The van der Waals surface area contributed by atoms with Gasteiger partial charge in [0, 0.05) is 39.0 Å². The van der Waals surface area contributed by atoms with E-state index in [1.54, 1.807) is 0 Å². The Morgan fingerprint density at radius 1 is 1.22 bits per heavy atom. The first-order valence-electron chi connectivity index (χ1n) is 1.94. The molecule has 0 spiro atoms. The van der Waals surface area contributed by atoms with Crippen LogP contribution in [0.1, 0.15) is 0 Å². The molecule has 1 rings (SSSR count). The molecule has 0 fully saturated rings. The van der Waals surface area contributed by atoms with E-state index in [1.165, 1.54) is 12.4 Å². The molecule has 0 saturated heterocycles. The predicted octanol–water partition coefficient (Wildman–Crippen LogP) is 0.739. The molecule has 0 bridgehead atoms. The van der Waals surface area contributed by atoms with Crippen molar-refractivity contribution in [3.05, 3.63) is 23.0 Å². The van der Waals surface area contributed by atoms with Crippen LogP contribution in [-0.4, -0.2) is 12.5 Å². The van der Waals surface area contributed by atoms with Crippen molar-refractivity contribution in [1.29, 1.82) is 0 Å². The van der Waals surface area contributed by atoms with Crippen LogP contribution in [0.2, 0.25) is 0 Å². The summed E-state index contributed by atoms with van der Waals surface area (Å²) in [5.74, 6) is 0. The largest absolute Gasteiger partial charge is 0.699 e. The van der Waals surface area contributed by atoms with Crippen LogP contribution in [0.3, 0.4) is 0 Å². The predicted molar refractivity (Wildman–Crippen MR) is 25.7 cm³/mol. The van der Waals surface area contributed by atoms with Crippen LogP contribution in [0.4, 0.5) is 0 Å². The molecule has 0 aromatic carbocycles. The second kappa shape index (κ2) is 6.38. The topological polar surface area (TPSA) is 45.3 Å². The van der Waals surface area contributed by atoms with E-state index in [9.17, 15) is 4.79 Å². The van der Waals surface area contributed by atoms with Gasteiger partial charge >= 0.3 is 0 Å². The van der Waals surface area contributed by atoms with E-state index >= 15 is 0 Å². The molecule has 0 N–H and O–H groups in total. The van der Waals surface area contributed by atoms with E-state index in [4.69, 9.17) is 0 Å². The zero-order valence-corrected chi connectivity index (χ0v) is 11.0. The molecule has 0 amide bonds. The third kappa shape index (κ3) is 3.77. The zero-order chi connectivity index (χ0) is 5.11. The number of carbonyl (C=O) groups is 1. The second-order valence-electron chi connectivity index (χ2n) is 1.15. The monoisotopic (exact) mass is 224 g/mol. The van der Waals surface area contributed by atoms with Crippen molar-refractivity contribution in [2.45, 2.75) is 6.17 Å². The molecule has 1 heterocycles. The SMILES string of the molecule is O=CC1[N-]C=C[N-]1.[Zn].[Zn].